The van der Waals surface area contributed by atoms with Crippen molar-refractivity contribution in [2.75, 3.05) is 5.73 Å². The Hall–Kier alpha value is -1.32. The van der Waals surface area contributed by atoms with Gasteiger partial charge in [0, 0.05) is 12.0 Å². The highest BCUT2D eigenvalue weighted by Crippen LogP contribution is 2.27. The topological polar surface area (TPSA) is 61.0 Å². The minimum atomic E-state index is 0.265. The maximum Gasteiger partial charge on any atom is 0.219 e. The molecule has 100 valence electrons. The molecular weight excluding hydrogens is 226 g/mol. The lowest BCUT2D eigenvalue weighted by atomic mass is 9.89. The van der Waals surface area contributed by atoms with Gasteiger partial charge in [0.05, 0.1) is 0 Å². The van der Waals surface area contributed by atoms with Crippen LogP contribution in [0.5, 0.6) is 5.88 Å². The van der Waals surface area contributed by atoms with Crippen molar-refractivity contribution in [3.8, 4) is 5.88 Å². The van der Waals surface area contributed by atoms with Crippen molar-refractivity contribution in [3.05, 3.63) is 11.9 Å². The summed E-state index contributed by atoms with van der Waals surface area (Å²) in [6, 6.07) is 1.73. The molecule has 2 atom stereocenters. The molecule has 1 saturated carbocycles. The van der Waals surface area contributed by atoms with Gasteiger partial charge in [-0.2, -0.15) is 4.98 Å². The largest absolute Gasteiger partial charge is 0.474 e. The summed E-state index contributed by atoms with van der Waals surface area (Å²) < 4.78 is 5.97. The van der Waals surface area contributed by atoms with Crippen molar-refractivity contribution in [1.29, 1.82) is 0 Å². The summed E-state index contributed by atoms with van der Waals surface area (Å²) >= 11 is 0. The van der Waals surface area contributed by atoms with Gasteiger partial charge in [-0.05, 0) is 25.2 Å². The van der Waals surface area contributed by atoms with E-state index in [9.17, 15) is 0 Å². The van der Waals surface area contributed by atoms with E-state index in [1.54, 1.807) is 6.07 Å². The van der Waals surface area contributed by atoms with Gasteiger partial charge in [0.1, 0.15) is 17.7 Å². The van der Waals surface area contributed by atoms with E-state index in [-0.39, 0.29) is 12.0 Å². The lowest BCUT2D eigenvalue weighted by Gasteiger charge is -2.27. The summed E-state index contributed by atoms with van der Waals surface area (Å²) in [5, 5.41) is 0. The Bertz CT molecular complexity index is 406. The van der Waals surface area contributed by atoms with Crippen molar-refractivity contribution >= 4 is 5.82 Å². The fourth-order valence-corrected chi connectivity index (χ4v) is 2.44. The normalized spacial score (nSPS) is 24.2. The van der Waals surface area contributed by atoms with Crippen LogP contribution < -0.4 is 10.5 Å². The molecule has 0 spiro atoms. The zero-order valence-electron chi connectivity index (χ0n) is 11.5. The molecule has 1 aromatic heterocycles. The van der Waals surface area contributed by atoms with Crippen molar-refractivity contribution in [1.82, 2.24) is 9.97 Å². The highest BCUT2D eigenvalue weighted by molar-refractivity contribution is 5.33. The van der Waals surface area contributed by atoms with Gasteiger partial charge in [0.2, 0.25) is 5.88 Å². The molecule has 2 N–H and O–H groups in total. The molecule has 4 heteroatoms. The average molecular weight is 249 g/mol. The number of anilines is 1. The second kappa shape index (κ2) is 5.55. The molecule has 1 heterocycles. The van der Waals surface area contributed by atoms with Crippen LogP contribution in [-0.2, 0) is 0 Å². The molecule has 0 aromatic carbocycles. The summed E-state index contributed by atoms with van der Waals surface area (Å²) in [5.74, 6) is 2.89. The zero-order valence-corrected chi connectivity index (χ0v) is 11.5. The molecule has 1 fully saturated rings. The first kappa shape index (κ1) is 13.1. The van der Waals surface area contributed by atoms with Crippen molar-refractivity contribution in [3.63, 3.8) is 0 Å². The molecule has 2 unspecified atom stereocenters. The van der Waals surface area contributed by atoms with E-state index in [4.69, 9.17) is 10.5 Å². The zero-order chi connectivity index (χ0) is 13.1. The fourth-order valence-electron chi connectivity index (χ4n) is 2.44. The second-order valence-corrected chi connectivity index (χ2v) is 5.66. The van der Waals surface area contributed by atoms with Crippen LogP contribution in [0.4, 0.5) is 5.82 Å². The summed E-state index contributed by atoms with van der Waals surface area (Å²) in [7, 11) is 0. The highest BCUT2D eigenvalue weighted by atomic mass is 16.5. The Labute approximate surface area is 109 Å². The van der Waals surface area contributed by atoms with E-state index in [1.807, 2.05) is 0 Å². The predicted octanol–water partition coefficient (Wildman–Crippen LogP) is 3.14. The van der Waals surface area contributed by atoms with Gasteiger partial charge in [0.25, 0.3) is 0 Å². The number of aromatic nitrogens is 2. The van der Waals surface area contributed by atoms with Crippen LogP contribution in [0.1, 0.15) is 58.2 Å². The molecular formula is C14H23N3O. The third kappa shape index (κ3) is 3.34. The summed E-state index contributed by atoms with van der Waals surface area (Å²) in [6.45, 7) is 6.39. The quantitative estimate of drug-likeness (QED) is 0.894. The maximum absolute atomic E-state index is 5.97. The molecule has 0 bridgehead atoms. The molecule has 1 aliphatic carbocycles. The van der Waals surface area contributed by atoms with Crippen LogP contribution >= 0.6 is 0 Å². The molecule has 2 rings (SSSR count). The average Bonchev–Trinajstić information content (AvgIpc) is 2.28. The van der Waals surface area contributed by atoms with Gasteiger partial charge in [-0.15, -0.1) is 0 Å². The number of nitrogens with two attached hydrogens (primary N) is 1. The summed E-state index contributed by atoms with van der Waals surface area (Å²) in [5.41, 5.74) is 5.80. The molecule has 4 nitrogen and oxygen atoms in total. The van der Waals surface area contributed by atoms with Gasteiger partial charge in [-0.3, -0.25) is 0 Å². The van der Waals surface area contributed by atoms with E-state index >= 15 is 0 Å². The first-order chi connectivity index (χ1) is 8.54. The second-order valence-electron chi connectivity index (χ2n) is 5.66. The van der Waals surface area contributed by atoms with Crippen LogP contribution in [0.3, 0.4) is 0 Å². The lowest BCUT2D eigenvalue weighted by molar-refractivity contribution is 0.123. The SMILES string of the molecule is CC1CCCC(Oc2cc(N)nc(C(C)C)n2)C1. The third-order valence-electron chi connectivity index (χ3n) is 3.43. The highest BCUT2D eigenvalue weighted by Gasteiger charge is 2.21. The van der Waals surface area contributed by atoms with E-state index in [2.05, 4.69) is 30.7 Å². The Morgan fingerprint density at radius 2 is 2.11 bits per heavy atom. The van der Waals surface area contributed by atoms with Gasteiger partial charge in [-0.25, -0.2) is 4.98 Å². The number of nitrogens with zero attached hydrogens (tertiary/aromatic N) is 2. The number of hydrogen-bond donors (Lipinski definition) is 1. The Balaban J connectivity index is 2.08. The first-order valence-corrected chi connectivity index (χ1v) is 6.85. The van der Waals surface area contributed by atoms with E-state index in [0.29, 0.717) is 11.7 Å². The van der Waals surface area contributed by atoms with Gasteiger partial charge in [-0.1, -0.05) is 27.2 Å². The molecule has 1 aliphatic rings. The van der Waals surface area contributed by atoms with Crippen LogP contribution in [0, 0.1) is 5.92 Å². The monoisotopic (exact) mass is 249 g/mol. The molecule has 0 aliphatic heterocycles. The van der Waals surface area contributed by atoms with Crippen LogP contribution in [0.15, 0.2) is 6.07 Å². The van der Waals surface area contributed by atoms with Gasteiger partial charge < -0.3 is 10.5 Å². The van der Waals surface area contributed by atoms with E-state index < -0.39 is 0 Å². The number of hydrogen-bond acceptors (Lipinski definition) is 4. The van der Waals surface area contributed by atoms with Crippen molar-refractivity contribution < 1.29 is 4.74 Å². The minimum absolute atomic E-state index is 0.265. The molecule has 18 heavy (non-hydrogen) atoms. The van der Waals surface area contributed by atoms with E-state index in [1.165, 1.54) is 12.8 Å². The van der Waals surface area contributed by atoms with Crippen LogP contribution in [-0.4, -0.2) is 16.1 Å². The number of nitrogen functional groups attached to an aromatic ring is 1. The third-order valence-corrected chi connectivity index (χ3v) is 3.43. The number of ether oxygens (including phenoxy) is 1. The van der Waals surface area contributed by atoms with Crippen LogP contribution in [0.25, 0.3) is 0 Å². The van der Waals surface area contributed by atoms with Crippen LogP contribution in [0.2, 0.25) is 0 Å². The van der Waals surface area contributed by atoms with E-state index in [0.717, 1.165) is 24.6 Å². The summed E-state index contributed by atoms with van der Waals surface area (Å²) in [6.07, 6.45) is 5.06. The predicted molar refractivity (Wildman–Crippen MR) is 72.6 cm³/mol. The Morgan fingerprint density at radius 3 is 2.78 bits per heavy atom. The lowest BCUT2D eigenvalue weighted by Crippen LogP contribution is -2.24. The van der Waals surface area contributed by atoms with Crippen molar-refractivity contribution in [2.24, 2.45) is 5.92 Å². The smallest absolute Gasteiger partial charge is 0.219 e. The summed E-state index contributed by atoms with van der Waals surface area (Å²) in [4.78, 5) is 8.67. The van der Waals surface area contributed by atoms with Gasteiger partial charge in [0.15, 0.2) is 0 Å². The van der Waals surface area contributed by atoms with Crippen molar-refractivity contribution in [2.45, 2.75) is 58.5 Å². The Morgan fingerprint density at radius 1 is 1.33 bits per heavy atom. The first-order valence-electron chi connectivity index (χ1n) is 6.85. The fraction of sp³-hybridized carbons (Fsp3) is 0.714. The molecule has 0 amide bonds. The molecule has 1 aromatic rings. The number of rotatable bonds is 3. The standard InChI is InChI=1S/C14H23N3O/c1-9(2)14-16-12(15)8-13(17-14)18-11-6-4-5-10(3)7-11/h8-11H,4-7H2,1-3H3,(H2,15,16,17). The van der Waals surface area contributed by atoms with Gasteiger partial charge >= 0.3 is 0 Å². The maximum atomic E-state index is 5.97. The molecule has 0 saturated heterocycles. The Kier molecular flexibility index (Phi) is 4.04. The molecule has 0 radical (unpaired) electrons. The minimum Gasteiger partial charge on any atom is -0.474 e.